The number of amides is 2. The van der Waals surface area contributed by atoms with Gasteiger partial charge in [-0.25, -0.2) is 4.79 Å². The molecule has 1 rings (SSSR count). The number of hydrogen-bond acceptors (Lipinski definition) is 3. The second-order valence-electron chi connectivity index (χ2n) is 6.96. The lowest BCUT2D eigenvalue weighted by Crippen LogP contribution is -2.56. The molecule has 128 valence electrons. The van der Waals surface area contributed by atoms with Crippen LogP contribution in [0, 0.1) is 5.92 Å². The zero-order valence-electron chi connectivity index (χ0n) is 15.0. The molecule has 1 aliphatic heterocycles. The first-order valence-corrected chi connectivity index (χ1v) is 7.87. The molecular formula is C17H32N2O3. The molecule has 5 heteroatoms. The summed E-state index contributed by atoms with van der Waals surface area (Å²) in [4.78, 5) is 27.7. The van der Waals surface area contributed by atoms with Crippen LogP contribution in [0.1, 0.15) is 48.0 Å². The number of carbonyl (C=O) groups is 2. The number of ether oxygens (including phenoxy) is 1. The molecule has 1 fully saturated rings. The van der Waals surface area contributed by atoms with E-state index in [4.69, 9.17) is 4.74 Å². The van der Waals surface area contributed by atoms with Gasteiger partial charge in [0.05, 0.1) is 0 Å². The summed E-state index contributed by atoms with van der Waals surface area (Å²) in [5.41, 5.74) is -0.485. The standard InChI is InChI=1S/C15H28N2O3.C2H4/c1-11(2)9-13(18)16-7-8-17(12(3)10-16)14(19)20-15(4,5)6;1-2/h11-12H,7-10H2,1-6H3;1-2H2/t12-;/m0./s1. The Kier molecular flexibility index (Phi) is 8.20. The number of rotatable bonds is 2. The molecule has 1 saturated heterocycles. The molecule has 1 atom stereocenters. The molecule has 22 heavy (non-hydrogen) atoms. The highest BCUT2D eigenvalue weighted by Gasteiger charge is 2.32. The van der Waals surface area contributed by atoms with Gasteiger partial charge in [-0.3, -0.25) is 4.79 Å². The Morgan fingerprint density at radius 3 is 2.18 bits per heavy atom. The average Bonchev–Trinajstić information content (AvgIpc) is 2.37. The zero-order valence-corrected chi connectivity index (χ0v) is 15.0. The Labute approximate surface area is 135 Å². The quantitative estimate of drug-likeness (QED) is 0.735. The molecule has 0 bridgehead atoms. The summed E-state index contributed by atoms with van der Waals surface area (Å²) in [7, 11) is 0. The van der Waals surface area contributed by atoms with Crippen molar-refractivity contribution in [3.05, 3.63) is 13.2 Å². The molecule has 0 aliphatic carbocycles. The van der Waals surface area contributed by atoms with Crippen molar-refractivity contribution in [2.75, 3.05) is 19.6 Å². The van der Waals surface area contributed by atoms with Gasteiger partial charge in [-0.2, -0.15) is 0 Å². The number of carbonyl (C=O) groups excluding carboxylic acids is 2. The van der Waals surface area contributed by atoms with Crippen LogP contribution in [0.4, 0.5) is 4.79 Å². The Bertz CT molecular complexity index is 375. The van der Waals surface area contributed by atoms with Crippen LogP contribution in [0.5, 0.6) is 0 Å². The van der Waals surface area contributed by atoms with Crippen molar-refractivity contribution in [3.63, 3.8) is 0 Å². The molecule has 1 heterocycles. The van der Waals surface area contributed by atoms with Gasteiger partial charge in [0.15, 0.2) is 0 Å². The monoisotopic (exact) mass is 312 g/mol. The summed E-state index contributed by atoms with van der Waals surface area (Å²) in [5, 5.41) is 0. The Balaban J connectivity index is 0.00000211. The fraction of sp³-hybridized carbons (Fsp3) is 0.765. The molecule has 0 unspecified atom stereocenters. The first kappa shape index (κ1) is 20.5. The van der Waals surface area contributed by atoms with Crippen LogP contribution < -0.4 is 0 Å². The van der Waals surface area contributed by atoms with E-state index in [0.717, 1.165) is 0 Å². The molecule has 0 spiro atoms. The summed E-state index contributed by atoms with van der Waals surface area (Å²) in [5.74, 6) is 0.539. The third-order valence-corrected chi connectivity index (χ3v) is 3.19. The third kappa shape index (κ3) is 6.96. The molecule has 2 amide bonds. The topological polar surface area (TPSA) is 49.9 Å². The number of nitrogens with zero attached hydrogens (tertiary/aromatic N) is 2. The van der Waals surface area contributed by atoms with Crippen LogP contribution in [0.3, 0.4) is 0 Å². The fourth-order valence-corrected chi connectivity index (χ4v) is 2.25. The van der Waals surface area contributed by atoms with Gasteiger partial charge in [-0.15, -0.1) is 13.2 Å². The van der Waals surface area contributed by atoms with Gasteiger partial charge in [0.25, 0.3) is 0 Å². The Hall–Kier alpha value is -1.52. The van der Waals surface area contributed by atoms with Crippen LogP contribution in [0.2, 0.25) is 0 Å². The molecule has 1 aliphatic rings. The minimum absolute atomic E-state index is 0.00490. The molecule has 0 N–H and O–H groups in total. The predicted molar refractivity (Wildman–Crippen MR) is 89.7 cm³/mol. The van der Waals surface area contributed by atoms with Crippen molar-refractivity contribution in [1.29, 1.82) is 0 Å². The highest BCUT2D eigenvalue weighted by atomic mass is 16.6. The maximum Gasteiger partial charge on any atom is 0.410 e. The first-order chi connectivity index (χ1) is 10.1. The van der Waals surface area contributed by atoms with Gasteiger partial charge >= 0.3 is 6.09 Å². The molecule has 5 nitrogen and oxygen atoms in total. The van der Waals surface area contributed by atoms with Crippen LogP contribution in [-0.4, -0.2) is 53.1 Å². The average molecular weight is 312 g/mol. The smallest absolute Gasteiger partial charge is 0.410 e. The molecule has 0 aromatic carbocycles. The van der Waals surface area contributed by atoms with Gasteiger partial charge in [-0.05, 0) is 33.6 Å². The lowest BCUT2D eigenvalue weighted by molar-refractivity contribution is -0.134. The number of piperazine rings is 1. The van der Waals surface area contributed by atoms with Crippen molar-refractivity contribution in [1.82, 2.24) is 9.80 Å². The van der Waals surface area contributed by atoms with E-state index >= 15 is 0 Å². The van der Waals surface area contributed by atoms with E-state index in [-0.39, 0.29) is 18.0 Å². The van der Waals surface area contributed by atoms with Gasteiger partial charge in [0.2, 0.25) is 5.91 Å². The Morgan fingerprint density at radius 2 is 1.77 bits per heavy atom. The zero-order chi connectivity index (χ0) is 17.5. The van der Waals surface area contributed by atoms with Crippen molar-refractivity contribution >= 4 is 12.0 Å². The normalized spacial score (nSPS) is 18.6. The van der Waals surface area contributed by atoms with E-state index in [1.54, 1.807) is 4.90 Å². The predicted octanol–water partition coefficient (Wildman–Crippen LogP) is 3.30. The summed E-state index contributed by atoms with van der Waals surface area (Å²) < 4.78 is 5.39. The van der Waals surface area contributed by atoms with E-state index in [0.29, 0.717) is 32.0 Å². The van der Waals surface area contributed by atoms with Crippen molar-refractivity contribution < 1.29 is 14.3 Å². The van der Waals surface area contributed by atoms with Crippen LogP contribution >= 0.6 is 0 Å². The van der Waals surface area contributed by atoms with Crippen LogP contribution in [0.25, 0.3) is 0 Å². The van der Waals surface area contributed by atoms with E-state index < -0.39 is 5.60 Å². The van der Waals surface area contributed by atoms with E-state index in [1.807, 2.05) is 46.4 Å². The van der Waals surface area contributed by atoms with E-state index in [2.05, 4.69) is 13.2 Å². The molecule has 0 aromatic heterocycles. The van der Waals surface area contributed by atoms with Crippen LogP contribution in [-0.2, 0) is 9.53 Å². The second-order valence-corrected chi connectivity index (χ2v) is 6.96. The highest BCUT2D eigenvalue weighted by Crippen LogP contribution is 2.16. The van der Waals surface area contributed by atoms with E-state index in [1.165, 1.54) is 0 Å². The number of hydrogen-bond donors (Lipinski definition) is 0. The fourth-order valence-electron chi connectivity index (χ4n) is 2.25. The van der Waals surface area contributed by atoms with Gasteiger partial charge in [-0.1, -0.05) is 13.8 Å². The summed E-state index contributed by atoms with van der Waals surface area (Å²) >= 11 is 0. The minimum atomic E-state index is -0.485. The van der Waals surface area contributed by atoms with E-state index in [9.17, 15) is 9.59 Å². The summed E-state index contributed by atoms with van der Waals surface area (Å²) in [6.07, 6.45) is 0.278. The molecule has 0 radical (unpaired) electrons. The van der Waals surface area contributed by atoms with Crippen molar-refractivity contribution in [2.45, 2.75) is 59.6 Å². The maximum atomic E-state index is 12.1. The summed E-state index contributed by atoms with van der Waals surface area (Å²) in [6, 6.07) is -0.00490. The van der Waals surface area contributed by atoms with Crippen molar-refractivity contribution in [2.24, 2.45) is 5.92 Å². The largest absolute Gasteiger partial charge is 0.444 e. The first-order valence-electron chi connectivity index (χ1n) is 7.87. The van der Waals surface area contributed by atoms with Gasteiger partial charge < -0.3 is 14.5 Å². The molecular weight excluding hydrogens is 280 g/mol. The summed E-state index contributed by atoms with van der Waals surface area (Å²) in [6.45, 7) is 19.3. The molecule has 0 saturated carbocycles. The third-order valence-electron chi connectivity index (χ3n) is 3.19. The Morgan fingerprint density at radius 1 is 1.23 bits per heavy atom. The molecule has 0 aromatic rings. The van der Waals surface area contributed by atoms with Crippen LogP contribution in [0.15, 0.2) is 13.2 Å². The minimum Gasteiger partial charge on any atom is -0.444 e. The SMILES string of the molecule is C=C.CC(C)CC(=O)N1CCN(C(=O)OC(C)(C)C)[C@@H](C)C1. The second kappa shape index (κ2) is 8.81. The van der Waals surface area contributed by atoms with Crippen molar-refractivity contribution in [3.8, 4) is 0 Å². The van der Waals surface area contributed by atoms with Gasteiger partial charge in [0.1, 0.15) is 5.60 Å². The van der Waals surface area contributed by atoms with Gasteiger partial charge in [0, 0.05) is 32.1 Å². The lowest BCUT2D eigenvalue weighted by Gasteiger charge is -2.40. The lowest BCUT2D eigenvalue weighted by atomic mass is 10.1. The maximum absolute atomic E-state index is 12.1. The highest BCUT2D eigenvalue weighted by molar-refractivity contribution is 5.77.